The first-order valence-electron chi connectivity index (χ1n) is 12.6. The topological polar surface area (TPSA) is 74.8 Å². The Bertz CT molecular complexity index is 1030. The number of carbonyl (C=O) groups excluding carboxylic acids is 2. The summed E-state index contributed by atoms with van der Waals surface area (Å²) >= 11 is 1.82. The molecule has 0 aliphatic carbocycles. The van der Waals surface area contributed by atoms with E-state index in [1.807, 2.05) is 47.1 Å². The molecule has 2 amide bonds. The first-order valence-corrected chi connectivity index (χ1v) is 13.6. The van der Waals surface area contributed by atoms with Gasteiger partial charge in [0, 0.05) is 36.5 Å². The van der Waals surface area contributed by atoms with Gasteiger partial charge in [-0.15, -0.1) is 0 Å². The lowest BCUT2D eigenvalue weighted by Gasteiger charge is -2.34. The third-order valence-corrected chi connectivity index (χ3v) is 7.42. The van der Waals surface area contributed by atoms with Gasteiger partial charge in [-0.2, -0.15) is 0 Å². The summed E-state index contributed by atoms with van der Waals surface area (Å²) in [6, 6.07) is 10.8. The molecule has 0 spiro atoms. The van der Waals surface area contributed by atoms with Crippen molar-refractivity contribution in [3.05, 3.63) is 48.2 Å². The van der Waals surface area contributed by atoms with E-state index in [0.29, 0.717) is 43.5 Å². The van der Waals surface area contributed by atoms with Crippen LogP contribution in [0.5, 0.6) is 5.88 Å². The molecular weight excluding hydrogens is 574 g/mol. The lowest BCUT2D eigenvalue weighted by molar-refractivity contribution is -0.122. The van der Waals surface area contributed by atoms with Crippen molar-refractivity contribution in [2.45, 2.75) is 51.2 Å². The molecule has 1 aromatic heterocycles. The number of carbonyl (C=O) groups is 2. The summed E-state index contributed by atoms with van der Waals surface area (Å²) in [5.41, 5.74) is 1.30. The zero-order valence-electron chi connectivity index (χ0n) is 20.9. The van der Waals surface area contributed by atoms with Crippen LogP contribution in [-0.4, -0.2) is 71.1 Å². The molecule has 0 radical (unpaired) electrons. The van der Waals surface area contributed by atoms with Crippen LogP contribution in [0.3, 0.4) is 0 Å². The molecule has 36 heavy (non-hydrogen) atoms. The minimum absolute atomic E-state index is 0.120. The summed E-state index contributed by atoms with van der Waals surface area (Å²) in [6.45, 7) is 6.74. The molecule has 194 valence electrons. The zero-order valence-corrected chi connectivity index (χ0v) is 23.0. The van der Waals surface area contributed by atoms with Crippen LogP contribution in [0.15, 0.2) is 42.6 Å². The number of nitrogens with one attached hydrogen (secondary N) is 1. The van der Waals surface area contributed by atoms with Crippen LogP contribution in [-0.2, 0) is 4.79 Å². The largest absolute Gasteiger partial charge is 0.477 e. The van der Waals surface area contributed by atoms with Gasteiger partial charge >= 0.3 is 0 Å². The molecular formula is C27H34FIN4O3. The molecule has 0 unspecified atom stereocenters. The van der Waals surface area contributed by atoms with Gasteiger partial charge in [0.2, 0.25) is 5.88 Å². The molecule has 7 nitrogen and oxygen atoms in total. The highest BCUT2D eigenvalue weighted by Crippen LogP contribution is 2.25. The summed E-state index contributed by atoms with van der Waals surface area (Å²) in [5.74, 6) is 0.795. The predicted molar refractivity (Wildman–Crippen MR) is 146 cm³/mol. The Morgan fingerprint density at radius 3 is 2.39 bits per heavy atom. The third-order valence-electron chi connectivity index (χ3n) is 6.88. The molecule has 1 N–H and O–H groups in total. The van der Waals surface area contributed by atoms with Crippen LogP contribution in [0.25, 0.3) is 11.1 Å². The summed E-state index contributed by atoms with van der Waals surface area (Å²) < 4.78 is 22.4. The lowest BCUT2D eigenvalue weighted by atomic mass is 9.97. The Morgan fingerprint density at radius 1 is 1.08 bits per heavy atom. The molecule has 4 rings (SSSR count). The Morgan fingerprint density at radius 2 is 1.78 bits per heavy atom. The van der Waals surface area contributed by atoms with Crippen LogP contribution in [0.2, 0.25) is 0 Å². The first kappa shape index (κ1) is 26.8. The summed E-state index contributed by atoms with van der Waals surface area (Å²) in [4.78, 5) is 33.3. The van der Waals surface area contributed by atoms with Gasteiger partial charge in [-0.25, -0.2) is 9.37 Å². The Balaban J connectivity index is 1.28. The number of rotatable bonds is 8. The standard InChI is InChI=1S/C27H34FIN4O3/c1-27(2,28)18-32-14-11-19(12-15-32)17-36-24-10-9-22(16-30-24)20-5-7-21(8-6-20)26(35)33-13-3-4-23(33)25(34)31-29/h5-10,16,19,23H,3-4,11-15,17-18H2,1-2H3,(H,31,34)/t23-/m0/s1. The molecule has 0 bridgehead atoms. The van der Waals surface area contributed by atoms with Crippen molar-refractivity contribution in [3.63, 3.8) is 0 Å². The number of alkyl halides is 1. The maximum atomic E-state index is 13.9. The number of hydrogen-bond acceptors (Lipinski definition) is 5. The monoisotopic (exact) mass is 608 g/mol. The molecule has 2 aliphatic rings. The molecule has 3 heterocycles. The highest BCUT2D eigenvalue weighted by Gasteiger charge is 2.34. The smallest absolute Gasteiger partial charge is 0.254 e. The number of hydrogen-bond donors (Lipinski definition) is 1. The number of piperidine rings is 1. The van der Waals surface area contributed by atoms with Crippen LogP contribution in [0.4, 0.5) is 4.39 Å². The van der Waals surface area contributed by atoms with Gasteiger partial charge in [0.1, 0.15) is 11.7 Å². The molecule has 2 aromatic rings. The SMILES string of the molecule is CC(C)(F)CN1CCC(COc2ccc(-c3ccc(C(=O)N4CCC[C@H]4C(=O)NI)cc3)cn2)CC1. The van der Waals surface area contributed by atoms with Crippen LogP contribution in [0.1, 0.15) is 49.9 Å². The van der Waals surface area contributed by atoms with Gasteiger partial charge in [-0.3, -0.25) is 13.1 Å². The van der Waals surface area contributed by atoms with Crippen LogP contribution < -0.4 is 8.27 Å². The molecule has 9 heteroatoms. The Labute approximate surface area is 226 Å². The first-order chi connectivity index (χ1) is 17.2. The third kappa shape index (κ3) is 6.94. The van der Waals surface area contributed by atoms with Gasteiger partial charge < -0.3 is 14.5 Å². The number of halogens is 2. The second-order valence-electron chi connectivity index (χ2n) is 10.3. The molecule has 2 aliphatic heterocycles. The number of amides is 2. The number of benzene rings is 1. The van der Waals surface area contributed by atoms with Crippen molar-refractivity contribution >= 4 is 34.7 Å². The fourth-order valence-electron chi connectivity index (χ4n) is 5.00. The highest BCUT2D eigenvalue weighted by molar-refractivity contribution is 14.1. The molecule has 2 saturated heterocycles. The minimum Gasteiger partial charge on any atom is -0.477 e. The van der Waals surface area contributed by atoms with Crippen LogP contribution in [0, 0.1) is 5.92 Å². The van der Waals surface area contributed by atoms with E-state index in [1.54, 1.807) is 37.1 Å². The van der Waals surface area contributed by atoms with E-state index in [-0.39, 0.29) is 11.8 Å². The lowest BCUT2D eigenvalue weighted by Crippen LogP contribution is -2.43. The minimum atomic E-state index is -1.16. The fraction of sp³-hybridized carbons (Fsp3) is 0.519. The maximum Gasteiger partial charge on any atom is 0.254 e. The highest BCUT2D eigenvalue weighted by atomic mass is 127. The average Bonchev–Trinajstić information content (AvgIpc) is 3.37. The summed E-state index contributed by atoms with van der Waals surface area (Å²) in [6.07, 6.45) is 5.30. The van der Waals surface area contributed by atoms with Crippen molar-refractivity contribution in [1.29, 1.82) is 0 Å². The van der Waals surface area contributed by atoms with Gasteiger partial charge in [0.25, 0.3) is 11.8 Å². The molecule has 2 fully saturated rings. The Kier molecular flexibility index (Phi) is 8.82. The molecule has 1 aromatic carbocycles. The second kappa shape index (κ2) is 11.9. The van der Waals surface area contributed by atoms with Crippen molar-refractivity contribution in [2.75, 3.05) is 32.8 Å². The Hall–Kier alpha value is -2.27. The molecule has 1 atom stereocenters. The normalized spacial score (nSPS) is 19.3. The van der Waals surface area contributed by atoms with Crippen molar-refractivity contribution in [1.82, 2.24) is 18.3 Å². The van der Waals surface area contributed by atoms with Crippen molar-refractivity contribution < 1.29 is 18.7 Å². The molecule has 0 saturated carbocycles. The van der Waals surface area contributed by atoms with Crippen LogP contribution >= 0.6 is 22.9 Å². The van der Waals surface area contributed by atoms with Crippen molar-refractivity contribution in [2.24, 2.45) is 5.92 Å². The maximum absolute atomic E-state index is 13.9. The van der Waals surface area contributed by atoms with Gasteiger partial charge in [0.05, 0.1) is 29.5 Å². The number of likely N-dealkylation sites (tertiary alicyclic amines) is 2. The van der Waals surface area contributed by atoms with Gasteiger partial charge in [-0.1, -0.05) is 12.1 Å². The van der Waals surface area contributed by atoms with E-state index >= 15 is 0 Å². The van der Waals surface area contributed by atoms with Gasteiger partial charge in [-0.05, 0) is 82.3 Å². The van der Waals surface area contributed by atoms with E-state index in [9.17, 15) is 14.0 Å². The van der Waals surface area contributed by atoms with E-state index < -0.39 is 11.7 Å². The van der Waals surface area contributed by atoms with Gasteiger partial charge in [0.15, 0.2) is 0 Å². The summed E-state index contributed by atoms with van der Waals surface area (Å²) in [5, 5.41) is 0. The van der Waals surface area contributed by atoms with E-state index in [4.69, 9.17) is 4.74 Å². The number of nitrogens with zero attached hydrogens (tertiary/aromatic N) is 3. The second-order valence-corrected chi connectivity index (χ2v) is 10.9. The number of aromatic nitrogens is 1. The average molecular weight is 608 g/mol. The fourth-order valence-corrected chi connectivity index (χ4v) is 5.36. The summed E-state index contributed by atoms with van der Waals surface area (Å²) in [7, 11) is 0. The van der Waals surface area contributed by atoms with E-state index in [1.165, 1.54) is 0 Å². The van der Waals surface area contributed by atoms with E-state index in [2.05, 4.69) is 13.4 Å². The van der Waals surface area contributed by atoms with E-state index in [0.717, 1.165) is 43.5 Å². The number of ether oxygens (including phenoxy) is 1. The quantitative estimate of drug-likeness (QED) is 0.349. The predicted octanol–water partition coefficient (Wildman–Crippen LogP) is 4.66. The van der Waals surface area contributed by atoms with Crippen molar-refractivity contribution in [3.8, 4) is 17.0 Å². The zero-order chi connectivity index (χ0) is 25.7. The number of pyridine rings is 1.